The van der Waals surface area contributed by atoms with Crippen LogP contribution in [0.5, 0.6) is 0 Å². The summed E-state index contributed by atoms with van der Waals surface area (Å²) in [5, 5.41) is 0.742. The Labute approximate surface area is 143 Å². The average Bonchev–Trinajstić information content (AvgIpc) is 2.26. The first-order valence-corrected chi connectivity index (χ1v) is 6.39. The molecule has 0 saturated heterocycles. The Bertz CT molecular complexity index is 617. The van der Waals surface area contributed by atoms with Crippen molar-refractivity contribution in [3.05, 3.63) is 48.0 Å². The fraction of sp³-hybridized carbons (Fsp3) is 0.167. The summed E-state index contributed by atoms with van der Waals surface area (Å²) in [4.78, 5) is 0. The monoisotopic (exact) mass is 274 g/mol. The first-order chi connectivity index (χ1) is 7.50. The fourth-order valence-corrected chi connectivity index (χ4v) is 2.28. The quantitative estimate of drug-likeness (QED) is 0.545. The third-order valence-corrected chi connectivity index (χ3v) is 3.81. The second-order valence-corrected chi connectivity index (χ2v) is 5.40. The van der Waals surface area contributed by atoms with E-state index in [-0.39, 0.29) is 51.4 Å². The van der Waals surface area contributed by atoms with Gasteiger partial charge in [-0.3, -0.25) is 0 Å². The zero-order valence-corrected chi connectivity index (χ0v) is 13.7. The van der Waals surface area contributed by atoms with Gasteiger partial charge in [0.1, 0.15) is 10.1 Å². The molecular weight excluding hydrogens is 263 g/mol. The second kappa shape index (κ2) is 5.93. The maximum atomic E-state index is 11.0. The molecule has 0 spiro atoms. The van der Waals surface area contributed by atoms with Gasteiger partial charge in [0.2, 0.25) is 0 Å². The van der Waals surface area contributed by atoms with Gasteiger partial charge in [-0.1, -0.05) is 42.5 Å². The zero-order chi connectivity index (χ0) is 11.8. The van der Waals surface area contributed by atoms with Gasteiger partial charge in [0.05, 0.1) is 5.25 Å². The van der Waals surface area contributed by atoms with E-state index < -0.39 is 15.4 Å². The number of hydrogen-bond acceptors (Lipinski definition) is 3. The molecule has 5 heteroatoms. The van der Waals surface area contributed by atoms with E-state index in [1.807, 2.05) is 30.3 Å². The molecule has 0 bridgehead atoms. The minimum Gasteiger partial charge on any atom is -0.747 e. The van der Waals surface area contributed by atoms with Gasteiger partial charge < -0.3 is 4.55 Å². The maximum Gasteiger partial charge on any atom is 1.00 e. The first-order valence-electron chi connectivity index (χ1n) is 4.92. The van der Waals surface area contributed by atoms with Crippen molar-refractivity contribution >= 4 is 20.9 Å². The van der Waals surface area contributed by atoms with Crippen LogP contribution in [0.1, 0.15) is 17.7 Å². The van der Waals surface area contributed by atoms with Gasteiger partial charge in [0, 0.05) is 0 Å². The molecule has 3 nitrogen and oxygen atoms in total. The molecule has 2 aromatic carbocycles. The molecule has 0 radical (unpaired) electrons. The smallest absolute Gasteiger partial charge is 0.747 e. The molecule has 0 fully saturated rings. The topological polar surface area (TPSA) is 57.2 Å². The summed E-state index contributed by atoms with van der Waals surface area (Å²) >= 11 is 0. The molecule has 84 valence electrons. The van der Waals surface area contributed by atoms with Crippen molar-refractivity contribution in [1.29, 1.82) is 0 Å². The molecule has 0 aliphatic carbocycles. The van der Waals surface area contributed by atoms with Gasteiger partial charge in [0.15, 0.2) is 0 Å². The Morgan fingerprint density at radius 2 is 1.65 bits per heavy atom. The van der Waals surface area contributed by atoms with Gasteiger partial charge in [-0.2, -0.15) is 0 Å². The largest absolute Gasteiger partial charge is 1.00 e. The summed E-state index contributed by atoms with van der Waals surface area (Å²) in [5.74, 6) is 0. The molecule has 0 unspecified atom stereocenters. The van der Waals surface area contributed by atoms with Crippen LogP contribution in [-0.2, 0) is 10.1 Å². The van der Waals surface area contributed by atoms with Gasteiger partial charge >= 0.3 is 51.4 Å². The molecule has 17 heavy (non-hydrogen) atoms. The van der Waals surface area contributed by atoms with Crippen LogP contribution in [0, 0.1) is 0 Å². The van der Waals surface area contributed by atoms with Gasteiger partial charge in [-0.25, -0.2) is 8.42 Å². The van der Waals surface area contributed by atoms with E-state index in [9.17, 15) is 13.0 Å². The van der Waals surface area contributed by atoms with Crippen molar-refractivity contribution in [2.45, 2.75) is 12.2 Å². The molecular formula is C12H11KO3S. The van der Waals surface area contributed by atoms with Crippen LogP contribution < -0.4 is 51.4 Å². The molecule has 1 atom stereocenters. The van der Waals surface area contributed by atoms with Crippen LogP contribution in [0.4, 0.5) is 0 Å². The summed E-state index contributed by atoms with van der Waals surface area (Å²) in [6.07, 6.45) is 0. The molecule has 2 rings (SSSR count). The standard InChI is InChI=1S/C12H12O3S.K/c1-9(16(13,14)15)11-8-4-6-10-5-2-3-7-12(10)11;/h2-9H,1H3,(H,13,14,15);/q;+1/p-1/t9-;/m0./s1. The fourth-order valence-electron chi connectivity index (χ4n) is 1.76. The summed E-state index contributed by atoms with van der Waals surface area (Å²) in [5.41, 5.74) is 0.563. The van der Waals surface area contributed by atoms with Crippen molar-refractivity contribution in [3.8, 4) is 0 Å². The van der Waals surface area contributed by atoms with Crippen LogP contribution >= 0.6 is 0 Å². The Balaban J connectivity index is 0.00000144. The predicted molar refractivity (Wildman–Crippen MR) is 62.1 cm³/mol. The maximum absolute atomic E-state index is 11.0. The van der Waals surface area contributed by atoms with Crippen molar-refractivity contribution in [2.75, 3.05) is 0 Å². The van der Waals surface area contributed by atoms with Crippen LogP contribution in [-0.4, -0.2) is 13.0 Å². The summed E-state index contributed by atoms with van der Waals surface area (Å²) in [6.45, 7) is 1.42. The summed E-state index contributed by atoms with van der Waals surface area (Å²) in [7, 11) is -4.30. The number of rotatable bonds is 2. The van der Waals surface area contributed by atoms with E-state index in [1.165, 1.54) is 6.92 Å². The third kappa shape index (κ3) is 3.38. The van der Waals surface area contributed by atoms with Crippen molar-refractivity contribution in [3.63, 3.8) is 0 Å². The normalized spacial score (nSPS) is 13.1. The van der Waals surface area contributed by atoms with E-state index in [1.54, 1.807) is 12.1 Å². The Hall–Kier alpha value is 0.246. The average molecular weight is 274 g/mol. The molecule has 0 saturated carbocycles. The molecule has 0 N–H and O–H groups in total. The third-order valence-electron chi connectivity index (χ3n) is 2.69. The number of benzene rings is 2. The van der Waals surface area contributed by atoms with Crippen LogP contribution in [0.15, 0.2) is 42.5 Å². The minimum atomic E-state index is -4.30. The predicted octanol–water partition coefficient (Wildman–Crippen LogP) is -0.550. The van der Waals surface area contributed by atoms with E-state index in [4.69, 9.17) is 0 Å². The van der Waals surface area contributed by atoms with Gasteiger partial charge in [-0.15, -0.1) is 0 Å². The Morgan fingerprint density at radius 1 is 1.06 bits per heavy atom. The number of hydrogen-bond donors (Lipinski definition) is 0. The van der Waals surface area contributed by atoms with E-state index in [0.717, 1.165) is 10.8 Å². The van der Waals surface area contributed by atoms with E-state index in [2.05, 4.69) is 0 Å². The van der Waals surface area contributed by atoms with Crippen molar-refractivity contribution < 1.29 is 64.4 Å². The SMILES string of the molecule is C[C@@H](c1cccc2ccccc12)S(=O)(=O)[O-].[K+]. The Morgan fingerprint density at radius 3 is 2.29 bits per heavy atom. The van der Waals surface area contributed by atoms with Crippen LogP contribution in [0.25, 0.3) is 10.8 Å². The molecule has 0 aromatic heterocycles. The number of fused-ring (bicyclic) bond motifs is 1. The minimum absolute atomic E-state index is 0. The van der Waals surface area contributed by atoms with Crippen LogP contribution in [0.2, 0.25) is 0 Å². The van der Waals surface area contributed by atoms with Crippen molar-refractivity contribution in [1.82, 2.24) is 0 Å². The Kier molecular flexibility index (Phi) is 5.33. The first kappa shape index (κ1) is 15.3. The summed E-state index contributed by atoms with van der Waals surface area (Å²) in [6, 6.07) is 12.8. The van der Waals surface area contributed by atoms with Gasteiger partial charge in [0.25, 0.3) is 0 Å². The zero-order valence-electron chi connectivity index (χ0n) is 9.75. The molecule has 2 aromatic rings. The molecule has 0 heterocycles. The van der Waals surface area contributed by atoms with Crippen molar-refractivity contribution in [2.24, 2.45) is 0 Å². The summed E-state index contributed by atoms with van der Waals surface area (Å²) < 4.78 is 33.1. The molecule has 0 amide bonds. The van der Waals surface area contributed by atoms with E-state index >= 15 is 0 Å². The molecule has 0 aliphatic rings. The molecule has 0 aliphatic heterocycles. The van der Waals surface area contributed by atoms with E-state index in [0.29, 0.717) is 5.56 Å². The van der Waals surface area contributed by atoms with Gasteiger partial charge in [-0.05, 0) is 23.3 Å². The van der Waals surface area contributed by atoms with Crippen LogP contribution in [0.3, 0.4) is 0 Å². The second-order valence-electron chi connectivity index (χ2n) is 3.70.